The Bertz CT molecular complexity index is 511. The summed E-state index contributed by atoms with van der Waals surface area (Å²) in [5.41, 5.74) is 6.34. The number of nitrogens with zero attached hydrogens (tertiary/aromatic N) is 4. The van der Waals surface area contributed by atoms with E-state index in [2.05, 4.69) is 20.6 Å². The molecule has 3 N–H and O–H groups in total. The molecular weight excluding hydrogens is 244 g/mol. The van der Waals surface area contributed by atoms with Crippen LogP contribution in [-0.2, 0) is 6.54 Å². The first-order valence-corrected chi connectivity index (χ1v) is 6.16. The van der Waals surface area contributed by atoms with Crippen LogP contribution in [0.3, 0.4) is 0 Å². The molecule has 0 amide bonds. The fraction of sp³-hybridized carbons (Fsp3) is 0.417. The monoisotopic (exact) mass is 262 g/mol. The van der Waals surface area contributed by atoms with Gasteiger partial charge < -0.3 is 15.8 Å². The van der Waals surface area contributed by atoms with Gasteiger partial charge in [-0.15, -0.1) is 5.10 Å². The Morgan fingerprint density at radius 3 is 2.95 bits per heavy atom. The van der Waals surface area contributed by atoms with Crippen LogP contribution in [0.2, 0.25) is 0 Å². The number of hydrogen-bond acceptors (Lipinski definition) is 6. The van der Waals surface area contributed by atoms with Crippen molar-refractivity contribution < 1.29 is 4.74 Å². The Hall–Kier alpha value is -2.31. The van der Waals surface area contributed by atoms with E-state index in [9.17, 15) is 0 Å². The van der Waals surface area contributed by atoms with Crippen molar-refractivity contribution in [2.75, 3.05) is 17.6 Å². The topological polar surface area (TPSA) is 90.9 Å². The van der Waals surface area contributed by atoms with E-state index in [0.29, 0.717) is 24.7 Å². The summed E-state index contributed by atoms with van der Waals surface area (Å²) in [5, 5.41) is 10.8. The molecular formula is C12H18N6O. The smallest absolute Gasteiger partial charge is 0.239 e. The fourth-order valence-electron chi connectivity index (χ4n) is 1.52. The number of ether oxygens (including phenoxy) is 1. The lowest BCUT2D eigenvalue weighted by Crippen LogP contribution is -2.13. The summed E-state index contributed by atoms with van der Waals surface area (Å²) in [6.07, 6.45) is 3.50. The quantitative estimate of drug-likeness (QED) is 0.811. The first-order chi connectivity index (χ1) is 9.15. The minimum atomic E-state index is 0.0419. The summed E-state index contributed by atoms with van der Waals surface area (Å²) in [6.45, 7) is 5.28. The maximum absolute atomic E-state index is 5.81. The van der Waals surface area contributed by atoms with Crippen molar-refractivity contribution in [1.82, 2.24) is 20.0 Å². The minimum absolute atomic E-state index is 0.0419. The van der Waals surface area contributed by atoms with Crippen molar-refractivity contribution >= 4 is 11.5 Å². The molecule has 0 aliphatic carbocycles. The van der Waals surface area contributed by atoms with Gasteiger partial charge in [0.05, 0.1) is 24.5 Å². The highest BCUT2D eigenvalue weighted by Crippen LogP contribution is 2.21. The lowest BCUT2D eigenvalue weighted by Gasteiger charge is -2.12. The molecule has 0 bridgehead atoms. The van der Waals surface area contributed by atoms with Crippen LogP contribution in [-0.4, -0.2) is 32.6 Å². The van der Waals surface area contributed by atoms with Gasteiger partial charge in [0.2, 0.25) is 5.88 Å². The van der Waals surface area contributed by atoms with Crippen molar-refractivity contribution in [3.05, 3.63) is 24.5 Å². The molecule has 0 saturated heterocycles. The highest BCUT2D eigenvalue weighted by molar-refractivity contribution is 5.53. The number of hydrogen-bond donors (Lipinski definition) is 2. The second kappa shape index (κ2) is 6.03. The van der Waals surface area contributed by atoms with Gasteiger partial charge in [0, 0.05) is 12.7 Å². The molecule has 0 spiro atoms. The molecule has 0 radical (unpaired) electrons. The van der Waals surface area contributed by atoms with E-state index in [4.69, 9.17) is 10.5 Å². The molecule has 0 aliphatic rings. The van der Waals surface area contributed by atoms with Crippen LogP contribution in [0.4, 0.5) is 11.5 Å². The number of pyridine rings is 1. The number of anilines is 2. The van der Waals surface area contributed by atoms with Gasteiger partial charge in [0.25, 0.3) is 0 Å². The lowest BCUT2D eigenvalue weighted by molar-refractivity contribution is 0.234. The summed E-state index contributed by atoms with van der Waals surface area (Å²) in [5.74, 6) is 1.19. The molecule has 0 fully saturated rings. The number of nitrogens with one attached hydrogen (secondary N) is 1. The molecule has 0 saturated carbocycles. The normalized spacial score (nSPS) is 10.7. The zero-order valence-electron chi connectivity index (χ0n) is 11.1. The SMILES string of the molecule is CC(C)Oc1nc(NCCn2ccnn2)ccc1N. The van der Waals surface area contributed by atoms with Crippen LogP contribution in [0.15, 0.2) is 24.5 Å². The molecule has 7 nitrogen and oxygen atoms in total. The maximum Gasteiger partial charge on any atom is 0.239 e. The average molecular weight is 262 g/mol. The van der Waals surface area contributed by atoms with Gasteiger partial charge in [0.15, 0.2) is 0 Å². The van der Waals surface area contributed by atoms with E-state index in [0.717, 1.165) is 5.82 Å². The molecule has 0 aliphatic heterocycles. The van der Waals surface area contributed by atoms with Gasteiger partial charge in [-0.1, -0.05) is 5.21 Å². The van der Waals surface area contributed by atoms with Gasteiger partial charge in [0.1, 0.15) is 5.82 Å². The van der Waals surface area contributed by atoms with Crippen LogP contribution in [0.1, 0.15) is 13.8 Å². The van der Waals surface area contributed by atoms with Crippen molar-refractivity contribution in [1.29, 1.82) is 0 Å². The zero-order chi connectivity index (χ0) is 13.7. The van der Waals surface area contributed by atoms with Gasteiger partial charge in [-0.05, 0) is 26.0 Å². The van der Waals surface area contributed by atoms with Gasteiger partial charge >= 0.3 is 0 Å². The Morgan fingerprint density at radius 2 is 2.26 bits per heavy atom. The lowest BCUT2D eigenvalue weighted by atomic mass is 10.4. The maximum atomic E-state index is 5.81. The van der Waals surface area contributed by atoms with Crippen LogP contribution in [0.25, 0.3) is 0 Å². The van der Waals surface area contributed by atoms with Crippen LogP contribution in [0.5, 0.6) is 5.88 Å². The van der Waals surface area contributed by atoms with E-state index in [1.54, 1.807) is 16.9 Å². The van der Waals surface area contributed by atoms with Gasteiger partial charge in [-0.2, -0.15) is 4.98 Å². The van der Waals surface area contributed by atoms with Crippen molar-refractivity contribution in [2.45, 2.75) is 26.5 Å². The summed E-state index contributed by atoms with van der Waals surface area (Å²) < 4.78 is 7.28. The van der Waals surface area contributed by atoms with E-state index in [1.807, 2.05) is 26.1 Å². The zero-order valence-corrected chi connectivity index (χ0v) is 11.1. The molecule has 2 rings (SSSR count). The predicted molar refractivity (Wildman–Crippen MR) is 72.9 cm³/mol. The Morgan fingerprint density at radius 1 is 1.42 bits per heavy atom. The molecule has 7 heteroatoms. The van der Waals surface area contributed by atoms with E-state index >= 15 is 0 Å². The Balaban J connectivity index is 1.93. The summed E-state index contributed by atoms with van der Waals surface area (Å²) in [6, 6.07) is 3.60. The molecule has 102 valence electrons. The predicted octanol–water partition coefficient (Wildman–Crippen LogP) is 1.15. The van der Waals surface area contributed by atoms with Crippen molar-refractivity contribution in [2.24, 2.45) is 0 Å². The van der Waals surface area contributed by atoms with E-state index < -0.39 is 0 Å². The average Bonchev–Trinajstić information content (AvgIpc) is 2.86. The van der Waals surface area contributed by atoms with Crippen LogP contribution in [0, 0.1) is 0 Å². The first-order valence-electron chi connectivity index (χ1n) is 6.16. The summed E-state index contributed by atoms with van der Waals surface area (Å²) in [4.78, 5) is 4.33. The third kappa shape index (κ3) is 3.84. The second-order valence-electron chi connectivity index (χ2n) is 4.35. The fourth-order valence-corrected chi connectivity index (χ4v) is 1.52. The molecule has 2 aromatic rings. The number of aromatic nitrogens is 4. The first kappa shape index (κ1) is 13.1. The van der Waals surface area contributed by atoms with Crippen LogP contribution >= 0.6 is 0 Å². The van der Waals surface area contributed by atoms with Crippen LogP contribution < -0.4 is 15.8 Å². The largest absolute Gasteiger partial charge is 0.473 e. The number of nitrogen functional groups attached to an aromatic ring is 1. The third-order valence-electron chi connectivity index (χ3n) is 2.36. The molecule has 19 heavy (non-hydrogen) atoms. The van der Waals surface area contributed by atoms with E-state index in [1.165, 1.54) is 0 Å². The van der Waals surface area contributed by atoms with Gasteiger partial charge in [-0.25, -0.2) is 0 Å². The Labute approximate surface area is 111 Å². The second-order valence-corrected chi connectivity index (χ2v) is 4.35. The number of nitrogens with two attached hydrogens (primary N) is 1. The highest BCUT2D eigenvalue weighted by atomic mass is 16.5. The van der Waals surface area contributed by atoms with Crippen molar-refractivity contribution in [3.8, 4) is 5.88 Å². The van der Waals surface area contributed by atoms with Gasteiger partial charge in [-0.3, -0.25) is 4.68 Å². The number of rotatable bonds is 6. The molecule has 0 aromatic carbocycles. The molecule has 2 heterocycles. The van der Waals surface area contributed by atoms with Crippen molar-refractivity contribution in [3.63, 3.8) is 0 Å². The summed E-state index contributed by atoms with van der Waals surface area (Å²) >= 11 is 0. The molecule has 0 atom stereocenters. The van der Waals surface area contributed by atoms with E-state index in [-0.39, 0.29) is 6.10 Å². The Kier molecular flexibility index (Phi) is 4.17. The molecule has 0 unspecified atom stereocenters. The summed E-state index contributed by atoms with van der Waals surface area (Å²) in [7, 11) is 0. The minimum Gasteiger partial charge on any atom is -0.473 e. The third-order valence-corrected chi connectivity index (χ3v) is 2.36. The molecule has 2 aromatic heterocycles. The highest BCUT2D eigenvalue weighted by Gasteiger charge is 2.06. The standard InChI is InChI=1S/C12H18N6O/c1-9(2)19-12-10(13)3-4-11(16-12)14-5-7-18-8-6-15-17-18/h3-4,6,8-9H,5,7,13H2,1-2H3,(H,14,16).